The van der Waals surface area contributed by atoms with Gasteiger partial charge in [0, 0.05) is 30.9 Å². The quantitative estimate of drug-likeness (QED) is 0.723. The van der Waals surface area contributed by atoms with Gasteiger partial charge in [-0.1, -0.05) is 18.2 Å². The molecule has 3 N–H and O–H groups in total. The summed E-state index contributed by atoms with van der Waals surface area (Å²) in [4.78, 5) is 6.51. The first-order valence-corrected chi connectivity index (χ1v) is 6.77. The third-order valence-corrected chi connectivity index (χ3v) is 3.49. The monoisotopic (exact) mass is 279 g/mol. The lowest BCUT2D eigenvalue weighted by molar-refractivity contribution is 0.476. The maximum Gasteiger partial charge on any atom is 0.136 e. The Labute approximate surface area is 123 Å². The zero-order valence-electron chi connectivity index (χ0n) is 11.8. The van der Waals surface area contributed by atoms with Crippen LogP contribution in [0.2, 0.25) is 0 Å². The van der Waals surface area contributed by atoms with Gasteiger partial charge in [-0.15, -0.1) is 0 Å². The molecular formula is C17H17N3O. The number of nitrogens with two attached hydrogens (primary N) is 1. The summed E-state index contributed by atoms with van der Waals surface area (Å²) in [5.74, 6) is 1.10. The average Bonchev–Trinajstić information content (AvgIpc) is 2.49. The van der Waals surface area contributed by atoms with E-state index in [1.807, 2.05) is 43.4 Å². The van der Waals surface area contributed by atoms with Crippen molar-refractivity contribution in [3.05, 3.63) is 60.3 Å². The van der Waals surface area contributed by atoms with Gasteiger partial charge in [0.15, 0.2) is 0 Å². The largest absolute Gasteiger partial charge is 0.508 e. The Morgan fingerprint density at radius 1 is 1.10 bits per heavy atom. The summed E-state index contributed by atoms with van der Waals surface area (Å²) in [6, 6.07) is 15.1. The number of benzene rings is 2. The van der Waals surface area contributed by atoms with Crippen molar-refractivity contribution in [3.8, 4) is 5.75 Å². The first-order chi connectivity index (χ1) is 10.1. The summed E-state index contributed by atoms with van der Waals surface area (Å²) in [6.45, 7) is 0.724. The Morgan fingerprint density at radius 2 is 1.86 bits per heavy atom. The molecule has 4 heteroatoms. The summed E-state index contributed by atoms with van der Waals surface area (Å²) in [7, 11) is 1.99. The lowest BCUT2D eigenvalue weighted by Gasteiger charge is -2.20. The maximum atomic E-state index is 9.70. The van der Waals surface area contributed by atoms with E-state index < -0.39 is 0 Å². The maximum absolute atomic E-state index is 9.70. The van der Waals surface area contributed by atoms with Crippen LogP contribution in [0.3, 0.4) is 0 Å². The van der Waals surface area contributed by atoms with Gasteiger partial charge < -0.3 is 15.7 Å². The zero-order valence-corrected chi connectivity index (χ0v) is 11.8. The minimum Gasteiger partial charge on any atom is -0.508 e. The molecular weight excluding hydrogens is 262 g/mol. The van der Waals surface area contributed by atoms with Crippen molar-refractivity contribution in [2.45, 2.75) is 6.54 Å². The highest BCUT2D eigenvalue weighted by Gasteiger charge is 2.09. The molecule has 0 aliphatic heterocycles. The Hall–Kier alpha value is -2.75. The van der Waals surface area contributed by atoms with Gasteiger partial charge in [0.25, 0.3) is 0 Å². The van der Waals surface area contributed by atoms with Gasteiger partial charge in [-0.2, -0.15) is 0 Å². The summed E-state index contributed by atoms with van der Waals surface area (Å²) in [5.41, 5.74) is 7.62. The fourth-order valence-electron chi connectivity index (χ4n) is 2.42. The summed E-state index contributed by atoms with van der Waals surface area (Å²) in [6.07, 6.45) is 1.79. The van der Waals surface area contributed by atoms with E-state index in [9.17, 15) is 5.11 Å². The fraction of sp³-hybridized carbons (Fsp3) is 0.118. The predicted molar refractivity (Wildman–Crippen MR) is 86.4 cm³/mol. The number of rotatable bonds is 3. The first kappa shape index (κ1) is 13.2. The number of nitrogens with zero attached hydrogens (tertiary/aromatic N) is 2. The molecule has 1 aromatic heterocycles. The Kier molecular flexibility index (Phi) is 3.36. The van der Waals surface area contributed by atoms with E-state index in [2.05, 4.69) is 9.88 Å². The molecule has 0 amide bonds. The number of aromatic hydroxyl groups is 1. The summed E-state index contributed by atoms with van der Waals surface area (Å²) >= 11 is 0. The van der Waals surface area contributed by atoms with Crippen LogP contribution in [0.15, 0.2) is 54.7 Å². The van der Waals surface area contributed by atoms with Crippen molar-refractivity contribution in [2.75, 3.05) is 17.7 Å². The second kappa shape index (κ2) is 5.32. The molecule has 0 fully saturated rings. The molecule has 1 heterocycles. The first-order valence-electron chi connectivity index (χ1n) is 6.77. The van der Waals surface area contributed by atoms with Crippen LogP contribution >= 0.6 is 0 Å². The van der Waals surface area contributed by atoms with Crippen LogP contribution in [0, 0.1) is 0 Å². The number of anilines is 2. The summed E-state index contributed by atoms with van der Waals surface area (Å²) < 4.78 is 0. The Balaban J connectivity index is 1.95. The molecule has 0 radical (unpaired) electrons. The van der Waals surface area contributed by atoms with Crippen molar-refractivity contribution >= 4 is 22.3 Å². The molecule has 106 valence electrons. The zero-order chi connectivity index (χ0) is 14.8. The van der Waals surface area contributed by atoms with E-state index in [1.54, 1.807) is 18.3 Å². The van der Waals surface area contributed by atoms with Crippen LogP contribution in [-0.2, 0) is 6.54 Å². The number of fused-ring (bicyclic) bond motifs is 1. The Bertz CT molecular complexity index is 769. The standard InChI is InChI=1S/C17H17N3O/c1-20(11-12-2-5-14(18)6-3-12)17-16-10-15(21)7-4-13(16)8-9-19-17/h2-10,21H,11,18H2,1H3. The molecule has 0 spiro atoms. The van der Waals surface area contributed by atoms with Gasteiger partial charge in [0.1, 0.15) is 11.6 Å². The van der Waals surface area contributed by atoms with Crippen molar-refractivity contribution in [2.24, 2.45) is 0 Å². The number of phenolic OH excluding ortho intramolecular Hbond substituents is 1. The molecule has 0 aliphatic carbocycles. The summed E-state index contributed by atoms with van der Waals surface area (Å²) in [5, 5.41) is 11.7. The van der Waals surface area contributed by atoms with Gasteiger partial charge in [-0.3, -0.25) is 0 Å². The van der Waals surface area contributed by atoms with Crippen LogP contribution < -0.4 is 10.6 Å². The van der Waals surface area contributed by atoms with Crippen LogP contribution in [0.4, 0.5) is 11.5 Å². The molecule has 0 unspecified atom stereocenters. The van der Waals surface area contributed by atoms with Gasteiger partial charge >= 0.3 is 0 Å². The van der Waals surface area contributed by atoms with Gasteiger partial charge in [-0.25, -0.2) is 4.98 Å². The molecule has 0 saturated heterocycles. The van der Waals surface area contributed by atoms with Gasteiger partial charge in [0.05, 0.1) is 0 Å². The lowest BCUT2D eigenvalue weighted by atomic mass is 10.1. The SMILES string of the molecule is CN(Cc1ccc(N)cc1)c1nccc2ccc(O)cc12. The van der Waals surface area contributed by atoms with Crippen LogP contribution in [0.1, 0.15) is 5.56 Å². The molecule has 0 atom stereocenters. The third kappa shape index (κ3) is 2.74. The molecule has 3 aromatic rings. The number of nitrogen functional groups attached to an aromatic ring is 1. The average molecular weight is 279 g/mol. The molecule has 0 aliphatic rings. The van der Waals surface area contributed by atoms with E-state index in [-0.39, 0.29) is 5.75 Å². The van der Waals surface area contributed by atoms with E-state index >= 15 is 0 Å². The molecule has 21 heavy (non-hydrogen) atoms. The predicted octanol–water partition coefficient (Wildman–Crippen LogP) is 3.16. The molecule has 4 nitrogen and oxygen atoms in total. The second-order valence-electron chi connectivity index (χ2n) is 5.14. The van der Waals surface area contributed by atoms with E-state index in [0.29, 0.717) is 0 Å². The molecule has 3 rings (SSSR count). The highest BCUT2D eigenvalue weighted by atomic mass is 16.3. The van der Waals surface area contributed by atoms with E-state index in [4.69, 9.17) is 5.73 Å². The van der Waals surface area contributed by atoms with Crippen molar-refractivity contribution in [3.63, 3.8) is 0 Å². The minimum atomic E-state index is 0.248. The third-order valence-electron chi connectivity index (χ3n) is 3.49. The fourth-order valence-corrected chi connectivity index (χ4v) is 2.42. The highest BCUT2D eigenvalue weighted by Crippen LogP contribution is 2.27. The van der Waals surface area contributed by atoms with Crippen molar-refractivity contribution in [1.29, 1.82) is 0 Å². The second-order valence-corrected chi connectivity index (χ2v) is 5.14. The number of hydrogen-bond donors (Lipinski definition) is 2. The van der Waals surface area contributed by atoms with Crippen LogP contribution in [0.5, 0.6) is 5.75 Å². The van der Waals surface area contributed by atoms with E-state index in [1.165, 1.54) is 0 Å². The van der Waals surface area contributed by atoms with Crippen LogP contribution in [-0.4, -0.2) is 17.1 Å². The lowest BCUT2D eigenvalue weighted by Crippen LogP contribution is -2.17. The topological polar surface area (TPSA) is 62.4 Å². The number of phenols is 1. The number of aromatic nitrogens is 1. The normalized spacial score (nSPS) is 10.7. The van der Waals surface area contributed by atoms with Crippen molar-refractivity contribution in [1.82, 2.24) is 4.98 Å². The molecule has 2 aromatic carbocycles. The molecule has 0 bridgehead atoms. The Morgan fingerprint density at radius 3 is 2.62 bits per heavy atom. The van der Waals surface area contributed by atoms with E-state index in [0.717, 1.165) is 34.4 Å². The van der Waals surface area contributed by atoms with Crippen LogP contribution in [0.25, 0.3) is 10.8 Å². The highest BCUT2D eigenvalue weighted by molar-refractivity contribution is 5.93. The van der Waals surface area contributed by atoms with Crippen molar-refractivity contribution < 1.29 is 5.11 Å². The van der Waals surface area contributed by atoms with Gasteiger partial charge in [-0.05, 0) is 41.3 Å². The number of pyridine rings is 1. The number of hydrogen-bond acceptors (Lipinski definition) is 4. The smallest absolute Gasteiger partial charge is 0.136 e. The minimum absolute atomic E-state index is 0.248. The molecule has 0 saturated carbocycles. The van der Waals surface area contributed by atoms with Gasteiger partial charge in [0.2, 0.25) is 0 Å².